The summed E-state index contributed by atoms with van der Waals surface area (Å²) >= 11 is 0. The van der Waals surface area contributed by atoms with Crippen LogP contribution in [0.25, 0.3) is 0 Å². The molecule has 8 nitrogen and oxygen atoms in total. The zero-order chi connectivity index (χ0) is 17.4. The number of anilines is 1. The highest BCUT2D eigenvalue weighted by Gasteiger charge is 2.42. The fourth-order valence-corrected chi connectivity index (χ4v) is 4.26. The van der Waals surface area contributed by atoms with Crippen LogP contribution >= 0.6 is 0 Å². The molecule has 9 heteroatoms. The van der Waals surface area contributed by atoms with Gasteiger partial charge in [0.25, 0.3) is 0 Å². The van der Waals surface area contributed by atoms with Gasteiger partial charge in [-0.15, -0.1) is 0 Å². The first-order valence-electron chi connectivity index (χ1n) is 7.25. The first kappa shape index (κ1) is 17.5. The topological polar surface area (TPSA) is 110 Å². The van der Waals surface area contributed by atoms with Crippen LogP contribution in [0.5, 0.6) is 0 Å². The molecular weight excluding hydrogens is 322 g/mol. The van der Waals surface area contributed by atoms with Gasteiger partial charge in [-0.2, -0.15) is 0 Å². The Morgan fingerprint density at radius 1 is 1.43 bits per heavy atom. The van der Waals surface area contributed by atoms with Gasteiger partial charge in [-0.3, -0.25) is 9.59 Å². The monoisotopic (exact) mass is 343 g/mol. The minimum absolute atomic E-state index is 0.0601. The summed E-state index contributed by atoms with van der Waals surface area (Å²) in [5.41, 5.74) is -1.35. The highest BCUT2D eigenvalue weighted by atomic mass is 32.2. The number of aryl methyl sites for hydroxylation is 1. The highest BCUT2D eigenvalue weighted by Crippen LogP contribution is 2.25. The molecule has 0 bridgehead atoms. The molecule has 0 saturated carbocycles. The molecule has 1 fully saturated rings. The van der Waals surface area contributed by atoms with Crippen molar-refractivity contribution in [1.29, 1.82) is 0 Å². The second-order valence-corrected chi connectivity index (χ2v) is 8.60. The second-order valence-electron chi connectivity index (χ2n) is 6.37. The first-order valence-corrected chi connectivity index (χ1v) is 9.07. The highest BCUT2D eigenvalue weighted by molar-refractivity contribution is 7.91. The molecule has 23 heavy (non-hydrogen) atoms. The van der Waals surface area contributed by atoms with E-state index in [0.717, 1.165) is 0 Å². The molecule has 2 rings (SSSR count). The summed E-state index contributed by atoms with van der Waals surface area (Å²) in [6.07, 6.45) is 0.394. The molecule has 2 heterocycles. The van der Waals surface area contributed by atoms with E-state index in [1.807, 2.05) is 0 Å². The Kier molecular flexibility index (Phi) is 4.52. The van der Waals surface area contributed by atoms with Crippen LogP contribution in [0.15, 0.2) is 10.6 Å². The Hall–Kier alpha value is -1.90. The summed E-state index contributed by atoms with van der Waals surface area (Å²) in [5, 5.41) is 6.19. The number of hydrogen-bond acceptors (Lipinski definition) is 6. The quantitative estimate of drug-likeness (QED) is 0.802. The molecule has 1 aliphatic rings. The van der Waals surface area contributed by atoms with E-state index in [1.165, 1.54) is 25.8 Å². The summed E-state index contributed by atoms with van der Waals surface area (Å²) in [6.45, 7) is 4.68. The maximum Gasteiger partial charge on any atom is 0.240 e. The lowest BCUT2D eigenvalue weighted by Crippen LogP contribution is -2.49. The minimum atomic E-state index is -3.10. The maximum atomic E-state index is 12.6. The Balaban J connectivity index is 2.08. The van der Waals surface area contributed by atoms with Crippen LogP contribution < -0.4 is 5.32 Å². The van der Waals surface area contributed by atoms with Crippen LogP contribution in [0.3, 0.4) is 0 Å². The lowest BCUT2D eigenvalue weighted by molar-refractivity contribution is -0.146. The Bertz CT molecular complexity index is 723. The molecule has 128 valence electrons. The number of nitrogens with one attached hydrogen (secondary N) is 1. The molecule has 0 radical (unpaired) electrons. The summed E-state index contributed by atoms with van der Waals surface area (Å²) in [6, 6.07) is 1.15. The van der Waals surface area contributed by atoms with Crippen molar-refractivity contribution < 1.29 is 22.5 Å². The average Bonchev–Trinajstić information content (AvgIpc) is 3.02. The molecule has 0 aliphatic carbocycles. The lowest BCUT2D eigenvalue weighted by Gasteiger charge is -2.31. The number of amides is 2. The van der Waals surface area contributed by atoms with E-state index in [0.29, 0.717) is 12.2 Å². The van der Waals surface area contributed by atoms with Gasteiger partial charge in [-0.05, 0) is 27.2 Å². The zero-order valence-corrected chi connectivity index (χ0v) is 14.4. The van der Waals surface area contributed by atoms with Crippen molar-refractivity contribution in [2.24, 2.45) is 5.41 Å². The molecule has 2 amide bonds. The van der Waals surface area contributed by atoms with E-state index in [4.69, 9.17) is 4.52 Å². The molecule has 1 saturated heterocycles. The minimum Gasteiger partial charge on any atom is -0.360 e. The van der Waals surface area contributed by atoms with Gasteiger partial charge in [0.1, 0.15) is 11.2 Å². The number of carbonyl (C=O) groups is 2. The number of sulfone groups is 1. The van der Waals surface area contributed by atoms with Crippen molar-refractivity contribution in [2.45, 2.75) is 33.2 Å². The van der Waals surface area contributed by atoms with Gasteiger partial charge in [0.15, 0.2) is 15.7 Å². The SMILES string of the molecule is Cc1cc(NC(=O)C(C)(C)C(=O)N(C)C2CCS(=O)(=O)C2)no1. The zero-order valence-electron chi connectivity index (χ0n) is 13.6. The number of aromatic nitrogens is 1. The second kappa shape index (κ2) is 5.95. The van der Waals surface area contributed by atoms with E-state index < -0.39 is 33.1 Å². The number of hydrogen-bond donors (Lipinski definition) is 1. The van der Waals surface area contributed by atoms with Crippen LogP contribution in [0.1, 0.15) is 26.0 Å². The molecule has 1 atom stereocenters. The summed E-state index contributed by atoms with van der Waals surface area (Å²) in [4.78, 5) is 26.4. The molecule has 0 spiro atoms. The van der Waals surface area contributed by atoms with Gasteiger partial charge in [-0.1, -0.05) is 5.16 Å². The van der Waals surface area contributed by atoms with E-state index >= 15 is 0 Å². The molecule has 1 unspecified atom stereocenters. The summed E-state index contributed by atoms with van der Waals surface area (Å²) in [7, 11) is -1.57. The van der Waals surface area contributed by atoms with Crippen LogP contribution in [-0.2, 0) is 19.4 Å². The van der Waals surface area contributed by atoms with Crippen molar-refractivity contribution in [3.63, 3.8) is 0 Å². The van der Waals surface area contributed by atoms with Crippen LogP contribution in [-0.4, -0.2) is 54.9 Å². The van der Waals surface area contributed by atoms with Crippen LogP contribution in [0.4, 0.5) is 5.82 Å². The Morgan fingerprint density at radius 3 is 2.57 bits per heavy atom. The van der Waals surface area contributed by atoms with Gasteiger partial charge >= 0.3 is 0 Å². The normalized spacial score (nSPS) is 20.3. The Labute approximate surface area is 135 Å². The van der Waals surface area contributed by atoms with Crippen molar-refractivity contribution in [1.82, 2.24) is 10.1 Å². The van der Waals surface area contributed by atoms with Gasteiger partial charge in [0, 0.05) is 19.2 Å². The van der Waals surface area contributed by atoms with Gasteiger partial charge < -0.3 is 14.7 Å². The van der Waals surface area contributed by atoms with E-state index in [1.54, 1.807) is 13.0 Å². The fraction of sp³-hybridized carbons (Fsp3) is 0.643. The number of rotatable bonds is 4. The fourth-order valence-electron chi connectivity index (χ4n) is 2.48. The largest absolute Gasteiger partial charge is 0.360 e. The van der Waals surface area contributed by atoms with Gasteiger partial charge in [0.2, 0.25) is 11.8 Å². The third kappa shape index (κ3) is 3.72. The lowest BCUT2D eigenvalue weighted by atomic mass is 9.89. The molecular formula is C14H21N3O5S. The predicted octanol–water partition coefficient (Wildman–Crippen LogP) is 0.593. The molecule has 1 aromatic rings. The predicted molar refractivity (Wildman–Crippen MR) is 83.5 cm³/mol. The Morgan fingerprint density at radius 2 is 2.09 bits per heavy atom. The maximum absolute atomic E-state index is 12.6. The summed E-state index contributed by atoms with van der Waals surface area (Å²) in [5.74, 6) is -0.173. The van der Waals surface area contributed by atoms with Crippen LogP contribution in [0.2, 0.25) is 0 Å². The number of nitrogens with zero attached hydrogens (tertiary/aromatic N) is 2. The standard InChI is InChI=1S/C14H21N3O5S/c1-9-7-11(16-22-9)15-12(18)14(2,3)13(19)17(4)10-5-6-23(20,21)8-10/h7,10H,5-6,8H2,1-4H3,(H,15,16,18). The molecule has 1 aliphatic heterocycles. The van der Waals surface area contributed by atoms with Gasteiger partial charge in [-0.25, -0.2) is 8.42 Å². The van der Waals surface area contributed by atoms with Crippen molar-refractivity contribution in [2.75, 3.05) is 23.9 Å². The smallest absolute Gasteiger partial charge is 0.240 e. The van der Waals surface area contributed by atoms with E-state index in [2.05, 4.69) is 10.5 Å². The average molecular weight is 343 g/mol. The van der Waals surface area contributed by atoms with Crippen LogP contribution in [0, 0.1) is 12.3 Å². The van der Waals surface area contributed by atoms with E-state index in [-0.39, 0.29) is 17.3 Å². The molecule has 1 N–H and O–H groups in total. The van der Waals surface area contributed by atoms with E-state index in [9.17, 15) is 18.0 Å². The number of carbonyl (C=O) groups excluding carboxylic acids is 2. The summed E-state index contributed by atoms with van der Waals surface area (Å²) < 4.78 is 28.0. The third-order valence-electron chi connectivity index (χ3n) is 4.05. The molecule has 0 aromatic carbocycles. The molecule has 1 aromatic heterocycles. The van der Waals surface area contributed by atoms with Gasteiger partial charge in [0.05, 0.1) is 11.5 Å². The first-order chi connectivity index (χ1) is 10.5. The van der Waals surface area contributed by atoms with Crippen molar-refractivity contribution in [3.05, 3.63) is 11.8 Å². The van der Waals surface area contributed by atoms with Crippen molar-refractivity contribution >= 4 is 27.5 Å². The van der Waals surface area contributed by atoms with Crippen molar-refractivity contribution in [3.8, 4) is 0 Å². The third-order valence-corrected chi connectivity index (χ3v) is 5.80.